The lowest BCUT2D eigenvalue weighted by molar-refractivity contribution is 0.654. The zero-order valence-electron chi connectivity index (χ0n) is 11.3. The maximum Gasteiger partial charge on any atom is 0.0491 e. The molecule has 1 heterocycles. The van der Waals surface area contributed by atoms with Crippen molar-refractivity contribution in [3.05, 3.63) is 60.7 Å². The molecule has 0 amide bonds. The molecule has 1 aromatic heterocycles. The van der Waals surface area contributed by atoms with Crippen LogP contribution in [0, 0.1) is 0 Å². The van der Waals surface area contributed by atoms with Gasteiger partial charge >= 0.3 is 0 Å². The summed E-state index contributed by atoms with van der Waals surface area (Å²) >= 11 is 0. The summed E-state index contributed by atoms with van der Waals surface area (Å²) < 4.78 is 2.45. The summed E-state index contributed by atoms with van der Waals surface area (Å²) in [5.41, 5.74) is 3.97. The number of hydrogen-bond donors (Lipinski definition) is 0. The molecule has 0 aliphatic rings. The molecule has 2 aromatic carbocycles. The third-order valence-electron chi connectivity index (χ3n) is 3.62. The van der Waals surface area contributed by atoms with Crippen molar-refractivity contribution in [2.45, 2.75) is 26.3 Å². The Hall–Kier alpha value is -2.02. The number of benzene rings is 2. The van der Waals surface area contributed by atoms with Crippen molar-refractivity contribution in [3.8, 4) is 11.3 Å². The van der Waals surface area contributed by atoms with Crippen molar-refractivity contribution in [1.82, 2.24) is 4.57 Å². The normalized spacial score (nSPS) is 11.0. The van der Waals surface area contributed by atoms with E-state index in [0.717, 1.165) is 6.54 Å². The molecule has 0 radical (unpaired) electrons. The van der Waals surface area contributed by atoms with Crippen molar-refractivity contribution in [2.24, 2.45) is 0 Å². The standard InChI is InChI=1S/C18H19N/c1-2-3-13-19-17-12-8-7-11-16(17)14-18(19)15-9-5-4-6-10-15/h4-12,14H,2-3,13H2,1H3. The van der Waals surface area contributed by atoms with Gasteiger partial charge in [0.1, 0.15) is 0 Å². The first-order chi connectivity index (χ1) is 9.40. The molecule has 0 unspecified atom stereocenters. The van der Waals surface area contributed by atoms with E-state index in [2.05, 4.69) is 72.2 Å². The largest absolute Gasteiger partial charge is 0.340 e. The summed E-state index contributed by atoms with van der Waals surface area (Å²) in [4.78, 5) is 0. The fraction of sp³-hybridized carbons (Fsp3) is 0.222. The second-order valence-corrected chi connectivity index (χ2v) is 4.96. The Kier molecular flexibility index (Phi) is 3.37. The molecule has 0 bridgehead atoms. The van der Waals surface area contributed by atoms with E-state index in [0.29, 0.717) is 0 Å². The fourth-order valence-electron chi connectivity index (χ4n) is 2.62. The predicted molar refractivity (Wildman–Crippen MR) is 82.3 cm³/mol. The molecule has 0 saturated heterocycles. The molecule has 0 N–H and O–H groups in total. The van der Waals surface area contributed by atoms with E-state index in [1.54, 1.807) is 0 Å². The highest BCUT2D eigenvalue weighted by molar-refractivity contribution is 5.87. The van der Waals surface area contributed by atoms with Gasteiger partial charge in [0.05, 0.1) is 0 Å². The molecule has 0 aliphatic heterocycles. The van der Waals surface area contributed by atoms with Gasteiger partial charge in [0, 0.05) is 23.1 Å². The molecule has 0 atom stereocenters. The number of para-hydroxylation sites is 1. The summed E-state index contributed by atoms with van der Waals surface area (Å²) in [5.74, 6) is 0. The Labute approximate surface area is 114 Å². The van der Waals surface area contributed by atoms with Crippen LogP contribution in [0.15, 0.2) is 60.7 Å². The van der Waals surface area contributed by atoms with Crippen molar-refractivity contribution in [2.75, 3.05) is 0 Å². The van der Waals surface area contributed by atoms with E-state index in [9.17, 15) is 0 Å². The van der Waals surface area contributed by atoms with Gasteiger partial charge in [-0.1, -0.05) is 61.9 Å². The predicted octanol–water partition coefficient (Wildman–Crippen LogP) is 5.11. The average molecular weight is 249 g/mol. The molecule has 1 heteroatoms. The molecule has 0 fully saturated rings. The number of aromatic nitrogens is 1. The Balaban J connectivity index is 2.17. The number of nitrogens with zero attached hydrogens (tertiary/aromatic N) is 1. The van der Waals surface area contributed by atoms with Gasteiger partial charge in [-0.3, -0.25) is 0 Å². The first-order valence-corrected chi connectivity index (χ1v) is 7.04. The highest BCUT2D eigenvalue weighted by Crippen LogP contribution is 2.28. The maximum atomic E-state index is 2.45. The molecular weight excluding hydrogens is 230 g/mol. The summed E-state index contributed by atoms with van der Waals surface area (Å²) in [7, 11) is 0. The van der Waals surface area contributed by atoms with E-state index < -0.39 is 0 Å². The number of aryl methyl sites for hydroxylation is 1. The van der Waals surface area contributed by atoms with Gasteiger partial charge < -0.3 is 4.57 Å². The van der Waals surface area contributed by atoms with E-state index in [1.807, 2.05) is 0 Å². The lowest BCUT2D eigenvalue weighted by Gasteiger charge is -2.10. The molecule has 0 saturated carbocycles. The van der Waals surface area contributed by atoms with Gasteiger partial charge in [-0.05, 0) is 24.1 Å². The monoisotopic (exact) mass is 249 g/mol. The highest BCUT2D eigenvalue weighted by atomic mass is 15.0. The summed E-state index contributed by atoms with van der Waals surface area (Å²) in [5, 5.41) is 1.33. The van der Waals surface area contributed by atoms with Crippen molar-refractivity contribution in [3.63, 3.8) is 0 Å². The quantitative estimate of drug-likeness (QED) is 0.605. The van der Waals surface area contributed by atoms with Crippen LogP contribution in [0.1, 0.15) is 19.8 Å². The number of rotatable bonds is 4. The summed E-state index contributed by atoms with van der Waals surface area (Å²) in [6.45, 7) is 3.34. The zero-order chi connectivity index (χ0) is 13.1. The van der Waals surface area contributed by atoms with Crippen LogP contribution >= 0.6 is 0 Å². The van der Waals surface area contributed by atoms with E-state index in [1.165, 1.54) is 35.0 Å². The van der Waals surface area contributed by atoms with Crippen LogP contribution in [-0.4, -0.2) is 4.57 Å². The maximum absolute atomic E-state index is 2.45. The number of hydrogen-bond acceptors (Lipinski definition) is 0. The minimum atomic E-state index is 1.09. The van der Waals surface area contributed by atoms with Crippen LogP contribution < -0.4 is 0 Å². The van der Waals surface area contributed by atoms with Crippen LogP contribution in [0.4, 0.5) is 0 Å². The zero-order valence-corrected chi connectivity index (χ0v) is 11.3. The highest BCUT2D eigenvalue weighted by Gasteiger charge is 2.09. The average Bonchev–Trinajstić information content (AvgIpc) is 2.85. The van der Waals surface area contributed by atoms with Gasteiger partial charge in [-0.2, -0.15) is 0 Å². The van der Waals surface area contributed by atoms with Gasteiger partial charge in [-0.25, -0.2) is 0 Å². The Morgan fingerprint density at radius 2 is 1.63 bits per heavy atom. The fourth-order valence-corrected chi connectivity index (χ4v) is 2.62. The lowest BCUT2D eigenvalue weighted by Crippen LogP contribution is -1.99. The van der Waals surface area contributed by atoms with Crippen LogP contribution in [0.5, 0.6) is 0 Å². The topological polar surface area (TPSA) is 4.93 Å². The molecule has 3 rings (SSSR count). The number of unbranched alkanes of at least 4 members (excludes halogenated alkanes) is 1. The molecule has 3 aromatic rings. The van der Waals surface area contributed by atoms with Gasteiger partial charge in [-0.15, -0.1) is 0 Å². The third-order valence-corrected chi connectivity index (χ3v) is 3.62. The molecule has 96 valence electrons. The first kappa shape index (κ1) is 12.0. The Morgan fingerprint density at radius 3 is 2.42 bits per heavy atom. The summed E-state index contributed by atoms with van der Waals surface area (Å²) in [6.07, 6.45) is 2.44. The van der Waals surface area contributed by atoms with Crippen molar-refractivity contribution < 1.29 is 0 Å². The van der Waals surface area contributed by atoms with Crippen molar-refractivity contribution >= 4 is 10.9 Å². The van der Waals surface area contributed by atoms with E-state index in [-0.39, 0.29) is 0 Å². The van der Waals surface area contributed by atoms with E-state index in [4.69, 9.17) is 0 Å². The minimum absolute atomic E-state index is 1.09. The second-order valence-electron chi connectivity index (χ2n) is 4.96. The summed E-state index contributed by atoms with van der Waals surface area (Å²) in [6, 6.07) is 21.6. The van der Waals surface area contributed by atoms with Crippen LogP contribution in [0.3, 0.4) is 0 Å². The molecule has 19 heavy (non-hydrogen) atoms. The second kappa shape index (κ2) is 5.31. The van der Waals surface area contributed by atoms with Gasteiger partial charge in [0.15, 0.2) is 0 Å². The van der Waals surface area contributed by atoms with Crippen LogP contribution in [0.25, 0.3) is 22.2 Å². The van der Waals surface area contributed by atoms with Crippen LogP contribution in [-0.2, 0) is 6.54 Å². The molecule has 0 aliphatic carbocycles. The van der Waals surface area contributed by atoms with Gasteiger partial charge in [0.2, 0.25) is 0 Å². The van der Waals surface area contributed by atoms with E-state index >= 15 is 0 Å². The Bertz CT molecular complexity index is 664. The number of fused-ring (bicyclic) bond motifs is 1. The Morgan fingerprint density at radius 1 is 0.895 bits per heavy atom. The SMILES string of the molecule is CCCCn1c(-c2ccccc2)cc2ccccc21. The van der Waals surface area contributed by atoms with Crippen LogP contribution in [0.2, 0.25) is 0 Å². The molecular formula is C18H19N. The van der Waals surface area contributed by atoms with Crippen molar-refractivity contribution in [1.29, 1.82) is 0 Å². The molecule has 0 spiro atoms. The molecule has 1 nitrogen and oxygen atoms in total. The lowest BCUT2D eigenvalue weighted by atomic mass is 10.1. The third kappa shape index (κ3) is 2.28. The minimum Gasteiger partial charge on any atom is -0.340 e. The van der Waals surface area contributed by atoms with Gasteiger partial charge in [0.25, 0.3) is 0 Å². The first-order valence-electron chi connectivity index (χ1n) is 7.04. The smallest absolute Gasteiger partial charge is 0.0491 e.